The maximum Gasteiger partial charge on any atom is 0.164 e. The van der Waals surface area contributed by atoms with Crippen LogP contribution in [0.15, 0.2) is 18.7 Å². The van der Waals surface area contributed by atoms with Gasteiger partial charge in [0.2, 0.25) is 0 Å². The highest BCUT2D eigenvalue weighted by molar-refractivity contribution is 6.33. The van der Waals surface area contributed by atoms with Crippen LogP contribution in [0.1, 0.15) is 11.3 Å². The molecule has 1 heterocycles. The van der Waals surface area contributed by atoms with E-state index in [9.17, 15) is 4.39 Å². The third kappa shape index (κ3) is 2.69. The van der Waals surface area contributed by atoms with Crippen molar-refractivity contribution < 1.29 is 4.39 Å². The van der Waals surface area contributed by atoms with Crippen LogP contribution in [-0.2, 0) is 0 Å². The molecule has 0 amide bonds. The lowest BCUT2D eigenvalue weighted by molar-refractivity contribution is 0.628. The van der Waals surface area contributed by atoms with Crippen LogP contribution in [0, 0.1) is 12.7 Å². The van der Waals surface area contributed by atoms with Crippen LogP contribution < -0.4 is 10.6 Å². The highest BCUT2D eigenvalue weighted by Gasteiger charge is 2.18. The Bertz CT molecular complexity index is 690. The highest BCUT2D eigenvalue weighted by Crippen LogP contribution is 2.34. The van der Waals surface area contributed by atoms with Crippen LogP contribution in [0.4, 0.5) is 15.9 Å². The average Bonchev–Trinajstić information content (AvgIpc) is 2.37. The van der Waals surface area contributed by atoms with E-state index in [0.29, 0.717) is 22.0 Å². The Morgan fingerprint density at radius 1 is 1.33 bits per heavy atom. The second kappa shape index (κ2) is 5.69. The van der Waals surface area contributed by atoms with Crippen molar-refractivity contribution in [2.24, 2.45) is 0 Å². The Labute approximate surface area is 128 Å². The third-order valence-electron chi connectivity index (χ3n) is 3.12. The van der Waals surface area contributed by atoms with E-state index in [0.717, 1.165) is 0 Å². The molecule has 0 aliphatic rings. The van der Waals surface area contributed by atoms with Crippen molar-refractivity contribution in [3.8, 4) is 11.4 Å². The minimum atomic E-state index is -0.474. The summed E-state index contributed by atoms with van der Waals surface area (Å²) in [4.78, 5) is 10.1. The van der Waals surface area contributed by atoms with Crippen molar-refractivity contribution in [2.75, 3.05) is 24.7 Å². The van der Waals surface area contributed by atoms with Crippen LogP contribution in [-0.4, -0.2) is 24.1 Å². The maximum atomic E-state index is 14.6. The number of rotatable bonds is 3. The van der Waals surface area contributed by atoms with E-state index in [4.69, 9.17) is 17.3 Å². The zero-order chi connectivity index (χ0) is 15.7. The summed E-state index contributed by atoms with van der Waals surface area (Å²) in [6, 6.07) is 3.16. The van der Waals surface area contributed by atoms with Crippen LogP contribution in [0.5, 0.6) is 0 Å². The van der Waals surface area contributed by atoms with Gasteiger partial charge >= 0.3 is 0 Å². The molecule has 0 radical (unpaired) electrons. The van der Waals surface area contributed by atoms with Crippen LogP contribution in [0.25, 0.3) is 17.5 Å². The van der Waals surface area contributed by atoms with Gasteiger partial charge in [-0.15, -0.1) is 0 Å². The van der Waals surface area contributed by atoms with Crippen molar-refractivity contribution in [1.82, 2.24) is 9.97 Å². The summed E-state index contributed by atoms with van der Waals surface area (Å²) in [5.74, 6) is 0.0266. The van der Waals surface area contributed by atoms with Gasteiger partial charge in [0.15, 0.2) is 11.6 Å². The lowest BCUT2D eigenvalue weighted by atomic mass is 10.1. The van der Waals surface area contributed by atoms with Crippen LogP contribution in [0.3, 0.4) is 0 Å². The largest absolute Gasteiger partial charge is 0.383 e. The monoisotopic (exact) mass is 306 g/mol. The third-order valence-corrected chi connectivity index (χ3v) is 3.43. The quantitative estimate of drug-likeness (QED) is 0.942. The second-order valence-electron chi connectivity index (χ2n) is 4.79. The van der Waals surface area contributed by atoms with E-state index in [2.05, 4.69) is 16.5 Å². The first-order chi connectivity index (χ1) is 9.86. The molecule has 21 heavy (non-hydrogen) atoms. The minimum Gasteiger partial charge on any atom is -0.383 e. The van der Waals surface area contributed by atoms with Crippen LogP contribution >= 0.6 is 11.6 Å². The van der Waals surface area contributed by atoms with Crippen molar-refractivity contribution in [3.63, 3.8) is 0 Å². The normalized spacial score (nSPS) is 10.5. The zero-order valence-corrected chi connectivity index (χ0v) is 12.9. The first-order valence-corrected chi connectivity index (χ1v) is 6.66. The van der Waals surface area contributed by atoms with Crippen molar-refractivity contribution in [2.45, 2.75) is 6.92 Å². The molecular weight excluding hydrogens is 291 g/mol. The molecule has 0 saturated carbocycles. The molecule has 6 heteroatoms. The predicted molar refractivity (Wildman–Crippen MR) is 86.0 cm³/mol. The standard InChI is InChI=1S/C15H16ClFN4/c1-5-9-8(2)19-15(20-14(9)18)10-6-7-11(16)13(12(10)17)21(3)4/h5-7H,1H2,2-4H3,(H2,18,19,20). The molecule has 0 saturated heterocycles. The van der Waals surface area contributed by atoms with Gasteiger partial charge in [0.05, 0.1) is 22.0 Å². The summed E-state index contributed by atoms with van der Waals surface area (Å²) in [6.45, 7) is 5.44. The molecule has 4 nitrogen and oxygen atoms in total. The fraction of sp³-hybridized carbons (Fsp3) is 0.200. The molecule has 2 N–H and O–H groups in total. The topological polar surface area (TPSA) is 55.0 Å². The summed E-state index contributed by atoms with van der Waals surface area (Å²) in [5, 5.41) is 0.327. The van der Waals surface area contributed by atoms with Gasteiger partial charge in [0.1, 0.15) is 5.82 Å². The molecular formula is C15H16ClFN4. The average molecular weight is 307 g/mol. The highest BCUT2D eigenvalue weighted by atomic mass is 35.5. The SMILES string of the molecule is C=Cc1c(C)nc(-c2ccc(Cl)c(N(C)C)c2F)nc1N. The number of hydrogen-bond acceptors (Lipinski definition) is 4. The van der Waals surface area contributed by atoms with Gasteiger partial charge in [-0.05, 0) is 19.1 Å². The maximum absolute atomic E-state index is 14.6. The Morgan fingerprint density at radius 3 is 2.52 bits per heavy atom. The number of aromatic nitrogens is 2. The lowest BCUT2D eigenvalue weighted by Crippen LogP contribution is -2.12. The molecule has 0 aliphatic heterocycles. The number of nitrogens with two attached hydrogens (primary N) is 1. The van der Waals surface area contributed by atoms with E-state index in [1.54, 1.807) is 44.1 Å². The Morgan fingerprint density at radius 2 is 2.00 bits per heavy atom. The van der Waals surface area contributed by atoms with Crippen molar-refractivity contribution >= 4 is 29.2 Å². The van der Waals surface area contributed by atoms with E-state index in [-0.39, 0.29) is 17.2 Å². The number of anilines is 2. The fourth-order valence-electron chi connectivity index (χ4n) is 2.10. The number of aryl methyl sites for hydroxylation is 1. The minimum absolute atomic E-state index is 0.230. The molecule has 110 valence electrons. The second-order valence-corrected chi connectivity index (χ2v) is 5.19. The van der Waals surface area contributed by atoms with Gasteiger partial charge in [-0.3, -0.25) is 0 Å². The Hall–Kier alpha value is -2.14. The summed E-state index contributed by atoms with van der Waals surface area (Å²) in [7, 11) is 3.44. The van der Waals surface area contributed by atoms with Gasteiger partial charge in [-0.2, -0.15) is 0 Å². The van der Waals surface area contributed by atoms with Gasteiger partial charge in [-0.1, -0.05) is 24.3 Å². The number of nitrogens with zero attached hydrogens (tertiary/aromatic N) is 3. The molecule has 0 unspecified atom stereocenters. The summed E-state index contributed by atoms with van der Waals surface area (Å²) in [6.07, 6.45) is 1.58. The first kappa shape index (κ1) is 15.3. The fourth-order valence-corrected chi connectivity index (χ4v) is 2.42. The lowest BCUT2D eigenvalue weighted by Gasteiger charge is -2.17. The van der Waals surface area contributed by atoms with E-state index in [1.165, 1.54) is 0 Å². The Balaban J connectivity index is 2.68. The molecule has 1 aromatic heterocycles. The summed E-state index contributed by atoms with van der Waals surface area (Å²) in [5.41, 5.74) is 7.72. The van der Waals surface area contributed by atoms with E-state index >= 15 is 0 Å². The van der Waals surface area contributed by atoms with Gasteiger partial charge in [0, 0.05) is 19.7 Å². The van der Waals surface area contributed by atoms with Gasteiger partial charge in [0.25, 0.3) is 0 Å². The molecule has 1 aromatic carbocycles. The Kier molecular flexibility index (Phi) is 4.14. The van der Waals surface area contributed by atoms with Crippen molar-refractivity contribution in [3.05, 3.63) is 40.8 Å². The number of halogens is 2. The molecule has 0 fully saturated rings. The zero-order valence-electron chi connectivity index (χ0n) is 12.1. The first-order valence-electron chi connectivity index (χ1n) is 6.29. The van der Waals surface area contributed by atoms with Gasteiger partial charge in [-0.25, -0.2) is 14.4 Å². The van der Waals surface area contributed by atoms with Crippen molar-refractivity contribution in [1.29, 1.82) is 0 Å². The van der Waals surface area contributed by atoms with E-state index < -0.39 is 5.82 Å². The molecule has 2 aromatic rings. The summed E-state index contributed by atoms with van der Waals surface area (Å²) >= 11 is 6.03. The predicted octanol–water partition coefficient (Wildman–Crippen LogP) is 3.54. The van der Waals surface area contributed by atoms with Crippen LogP contribution in [0.2, 0.25) is 5.02 Å². The molecule has 0 spiro atoms. The molecule has 0 bridgehead atoms. The number of nitrogen functional groups attached to an aromatic ring is 1. The van der Waals surface area contributed by atoms with E-state index in [1.807, 2.05) is 0 Å². The smallest absolute Gasteiger partial charge is 0.164 e. The molecule has 0 aliphatic carbocycles. The molecule has 2 rings (SSSR count). The summed E-state index contributed by atoms with van der Waals surface area (Å²) < 4.78 is 14.6. The van der Waals surface area contributed by atoms with Gasteiger partial charge < -0.3 is 10.6 Å². The number of benzene rings is 1. The number of hydrogen-bond donors (Lipinski definition) is 1. The molecule has 0 atom stereocenters.